The Kier molecular flexibility index (Phi) is 4.25. The Morgan fingerprint density at radius 1 is 1.05 bits per heavy atom. The third kappa shape index (κ3) is 2.54. The van der Waals surface area contributed by atoms with E-state index in [1.807, 2.05) is 54.6 Å². The van der Waals surface area contributed by atoms with E-state index in [-0.39, 0.29) is 16.9 Å². The molecule has 0 amide bonds. The molecule has 2 aromatic carbocycles. The van der Waals surface area contributed by atoms with Crippen LogP contribution in [-0.2, 0) is 17.6 Å². The van der Waals surface area contributed by atoms with Crippen molar-refractivity contribution < 1.29 is 9.59 Å². The first-order chi connectivity index (χ1) is 10.7. The minimum Gasteiger partial charge on any atom is -0.298 e. The van der Waals surface area contributed by atoms with Crippen LogP contribution in [0.4, 0.5) is 0 Å². The number of fused-ring (bicyclic) bond motifs is 1. The number of alkyl halides is 1. The molecule has 2 aromatic rings. The van der Waals surface area contributed by atoms with Crippen LogP contribution in [0.25, 0.3) is 0 Å². The number of hydrogen-bond donors (Lipinski definition) is 0. The second-order valence-electron chi connectivity index (χ2n) is 5.79. The molecule has 0 radical (unpaired) electrons. The van der Waals surface area contributed by atoms with Crippen LogP contribution in [0.1, 0.15) is 27.9 Å². The van der Waals surface area contributed by atoms with Crippen molar-refractivity contribution in [3.8, 4) is 0 Å². The van der Waals surface area contributed by atoms with Gasteiger partial charge in [-0.15, -0.1) is 0 Å². The molecule has 0 saturated heterocycles. The lowest BCUT2D eigenvalue weighted by Gasteiger charge is -2.35. The average Bonchev–Trinajstić information content (AvgIpc) is 2.58. The highest BCUT2D eigenvalue weighted by Crippen LogP contribution is 2.39. The van der Waals surface area contributed by atoms with Gasteiger partial charge in [-0.05, 0) is 30.4 Å². The fourth-order valence-corrected chi connectivity index (χ4v) is 3.82. The summed E-state index contributed by atoms with van der Waals surface area (Å²) >= 11 is 3.26. The van der Waals surface area contributed by atoms with Crippen molar-refractivity contribution in [2.45, 2.75) is 19.3 Å². The maximum absolute atomic E-state index is 13.1. The van der Waals surface area contributed by atoms with E-state index in [1.165, 1.54) is 0 Å². The van der Waals surface area contributed by atoms with Crippen molar-refractivity contribution >= 4 is 27.5 Å². The first-order valence-electron chi connectivity index (χ1n) is 7.43. The summed E-state index contributed by atoms with van der Waals surface area (Å²) in [6.45, 7) is 0. The third-order valence-electron chi connectivity index (χ3n) is 4.52. The van der Waals surface area contributed by atoms with Gasteiger partial charge in [0.1, 0.15) is 0 Å². The smallest absolute Gasteiger partial charge is 0.177 e. The van der Waals surface area contributed by atoms with Gasteiger partial charge in [-0.2, -0.15) is 0 Å². The highest BCUT2D eigenvalue weighted by Gasteiger charge is 2.47. The molecule has 0 aromatic heterocycles. The van der Waals surface area contributed by atoms with Gasteiger partial charge in [0.2, 0.25) is 0 Å². The van der Waals surface area contributed by atoms with Crippen molar-refractivity contribution in [3.63, 3.8) is 0 Å². The van der Waals surface area contributed by atoms with E-state index in [2.05, 4.69) is 15.9 Å². The molecule has 1 aliphatic rings. The number of carbonyl (C=O) groups is 2. The average molecular weight is 357 g/mol. The zero-order chi connectivity index (χ0) is 15.6. The van der Waals surface area contributed by atoms with E-state index in [1.54, 1.807) is 0 Å². The van der Waals surface area contributed by atoms with Gasteiger partial charge < -0.3 is 0 Å². The maximum atomic E-state index is 13.1. The molecule has 0 fully saturated rings. The normalized spacial score (nSPS) is 20.5. The highest BCUT2D eigenvalue weighted by atomic mass is 79.9. The summed E-state index contributed by atoms with van der Waals surface area (Å²) in [5.41, 5.74) is 1.86. The molecule has 2 nitrogen and oxygen atoms in total. The SMILES string of the molecule is O=C(CBr)C1(Cc2ccccc2)CCc2ccccc2C1=O. The zero-order valence-corrected chi connectivity index (χ0v) is 13.8. The number of Topliss-reactive ketones (excluding diaryl/α,β-unsaturated/α-hetero) is 2. The first kappa shape index (κ1) is 15.2. The molecule has 1 aliphatic carbocycles. The van der Waals surface area contributed by atoms with Crippen LogP contribution < -0.4 is 0 Å². The van der Waals surface area contributed by atoms with E-state index < -0.39 is 5.41 Å². The van der Waals surface area contributed by atoms with Crippen molar-refractivity contribution in [2.75, 3.05) is 5.33 Å². The van der Waals surface area contributed by atoms with Crippen LogP contribution in [0.3, 0.4) is 0 Å². The molecule has 0 saturated carbocycles. The second kappa shape index (κ2) is 6.17. The maximum Gasteiger partial charge on any atom is 0.177 e. The molecule has 0 heterocycles. The lowest BCUT2D eigenvalue weighted by molar-refractivity contribution is -0.124. The summed E-state index contributed by atoms with van der Waals surface area (Å²) in [5.74, 6) is -0.0430. The number of carbonyl (C=O) groups excluding carboxylic acids is 2. The second-order valence-corrected chi connectivity index (χ2v) is 6.35. The van der Waals surface area contributed by atoms with Crippen LogP contribution in [-0.4, -0.2) is 16.9 Å². The summed E-state index contributed by atoms with van der Waals surface area (Å²) in [5, 5.41) is 0.216. The van der Waals surface area contributed by atoms with Crippen molar-refractivity contribution in [2.24, 2.45) is 5.41 Å². The van der Waals surface area contributed by atoms with Crippen LogP contribution in [0.5, 0.6) is 0 Å². The van der Waals surface area contributed by atoms with Gasteiger partial charge in [0.25, 0.3) is 0 Å². The number of aryl methyl sites for hydroxylation is 1. The Balaban J connectivity index is 2.05. The molecule has 3 rings (SSSR count). The Bertz CT molecular complexity index is 708. The van der Waals surface area contributed by atoms with Crippen LogP contribution in [0, 0.1) is 5.41 Å². The summed E-state index contributed by atoms with van der Waals surface area (Å²) in [6.07, 6.45) is 1.83. The van der Waals surface area contributed by atoms with Gasteiger partial charge in [-0.3, -0.25) is 9.59 Å². The number of rotatable bonds is 4. The lowest BCUT2D eigenvalue weighted by atomic mass is 9.65. The first-order valence-corrected chi connectivity index (χ1v) is 8.55. The van der Waals surface area contributed by atoms with Gasteiger partial charge in [0.05, 0.1) is 10.7 Å². The summed E-state index contributed by atoms with van der Waals surface area (Å²) in [7, 11) is 0. The third-order valence-corrected chi connectivity index (χ3v) is 5.03. The number of hydrogen-bond acceptors (Lipinski definition) is 2. The summed E-state index contributed by atoms with van der Waals surface area (Å²) in [6, 6.07) is 17.5. The number of benzene rings is 2. The lowest BCUT2D eigenvalue weighted by Crippen LogP contribution is -2.45. The predicted molar refractivity (Wildman–Crippen MR) is 90.5 cm³/mol. The highest BCUT2D eigenvalue weighted by molar-refractivity contribution is 9.09. The van der Waals surface area contributed by atoms with Crippen LogP contribution >= 0.6 is 15.9 Å². The van der Waals surface area contributed by atoms with Crippen LogP contribution in [0.2, 0.25) is 0 Å². The van der Waals surface area contributed by atoms with Gasteiger partial charge in [-0.25, -0.2) is 0 Å². The molecule has 0 aliphatic heterocycles. The van der Waals surface area contributed by atoms with E-state index in [0.29, 0.717) is 18.4 Å². The van der Waals surface area contributed by atoms with Crippen molar-refractivity contribution in [1.82, 2.24) is 0 Å². The fourth-order valence-electron chi connectivity index (χ4n) is 3.28. The monoisotopic (exact) mass is 356 g/mol. The summed E-state index contributed by atoms with van der Waals surface area (Å²) in [4.78, 5) is 25.7. The minimum atomic E-state index is -0.931. The molecular weight excluding hydrogens is 340 g/mol. The predicted octanol–water partition coefficient (Wildman–Crippen LogP) is 4.01. The molecule has 22 heavy (non-hydrogen) atoms. The standard InChI is InChI=1S/C19H17BrO2/c20-13-17(21)19(12-14-6-2-1-3-7-14)11-10-15-8-4-5-9-16(15)18(19)22/h1-9H,10-13H2. The van der Waals surface area contributed by atoms with Gasteiger partial charge in [0, 0.05) is 5.56 Å². The van der Waals surface area contributed by atoms with E-state index in [9.17, 15) is 9.59 Å². The van der Waals surface area contributed by atoms with E-state index in [0.717, 1.165) is 17.5 Å². The Morgan fingerprint density at radius 2 is 1.73 bits per heavy atom. The van der Waals surface area contributed by atoms with Gasteiger partial charge in [-0.1, -0.05) is 70.5 Å². The molecular formula is C19H17BrO2. The fraction of sp³-hybridized carbons (Fsp3) is 0.263. The Labute approximate surface area is 138 Å². The molecule has 0 N–H and O–H groups in total. The van der Waals surface area contributed by atoms with E-state index >= 15 is 0 Å². The zero-order valence-electron chi connectivity index (χ0n) is 12.2. The molecule has 0 bridgehead atoms. The number of ketones is 2. The molecule has 112 valence electrons. The van der Waals surface area contributed by atoms with Gasteiger partial charge in [0.15, 0.2) is 11.6 Å². The quantitative estimate of drug-likeness (QED) is 0.612. The summed E-state index contributed by atoms with van der Waals surface area (Å²) < 4.78 is 0. The molecule has 0 spiro atoms. The Hall–Kier alpha value is -1.74. The largest absolute Gasteiger partial charge is 0.298 e. The van der Waals surface area contributed by atoms with Crippen molar-refractivity contribution in [3.05, 3.63) is 71.3 Å². The molecule has 1 unspecified atom stereocenters. The molecule has 3 heteroatoms. The van der Waals surface area contributed by atoms with E-state index in [4.69, 9.17) is 0 Å². The minimum absolute atomic E-state index is 0.0177. The number of halogens is 1. The molecule has 1 atom stereocenters. The topological polar surface area (TPSA) is 34.1 Å². The Morgan fingerprint density at radius 3 is 2.45 bits per heavy atom. The van der Waals surface area contributed by atoms with Crippen LogP contribution in [0.15, 0.2) is 54.6 Å². The van der Waals surface area contributed by atoms with Gasteiger partial charge >= 0.3 is 0 Å². The van der Waals surface area contributed by atoms with Crippen molar-refractivity contribution in [1.29, 1.82) is 0 Å².